The molecule has 1 aliphatic rings. The van der Waals surface area contributed by atoms with Gasteiger partial charge in [-0.1, -0.05) is 12.1 Å². The van der Waals surface area contributed by atoms with Gasteiger partial charge in [-0.2, -0.15) is 0 Å². The molecule has 1 fully saturated rings. The lowest BCUT2D eigenvalue weighted by molar-refractivity contribution is 0.0544. The third kappa shape index (κ3) is 5.80. The molecule has 0 aliphatic carbocycles. The van der Waals surface area contributed by atoms with Crippen LogP contribution in [0.2, 0.25) is 0 Å². The molecule has 0 saturated carbocycles. The van der Waals surface area contributed by atoms with Crippen molar-refractivity contribution in [3.63, 3.8) is 0 Å². The summed E-state index contributed by atoms with van der Waals surface area (Å²) in [5.74, 6) is 0.826. The molecular weight excluding hydrogens is 304 g/mol. The van der Waals surface area contributed by atoms with Gasteiger partial charge in [0.1, 0.15) is 5.75 Å². The van der Waals surface area contributed by atoms with E-state index >= 15 is 0 Å². The van der Waals surface area contributed by atoms with Crippen LogP contribution in [0.15, 0.2) is 24.3 Å². The van der Waals surface area contributed by atoms with Crippen molar-refractivity contribution in [2.24, 2.45) is 11.7 Å². The van der Waals surface area contributed by atoms with E-state index in [0.29, 0.717) is 35.9 Å². The van der Waals surface area contributed by atoms with Gasteiger partial charge in [-0.3, -0.25) is 4.79 Å². The normalized spacial score (nSPS) is 18.1. The van der Waals surface area contributed by atoms with Crippen LogP contribution in [0.25, 0.3) is 0 Å². The molecule has 134 valence electrons. The molecule has 0 unspecified atom stereocenters. The number of nitrogens with one attached hydrogen (secondary N) is 1. The third-order valence-corrected chi connectivity index (χ3v) is 4.71. The summed E-state index contributed by atoms with van der Waals surface area (Å²) in [6, 6.07) is 8.07. The van der Waals surface area contributed by atoms with Crippen LogP contribution in [0.5, 0.6) is 5.75 Å². The molecule has 0 spiro atoms. The Morgan fingerprint density at radius 3 is 2.75 bits per heavy atom. The van der Waals surface area contributed by atoms with Crippen LogP contribution in [0, 0.1) is 5.92 Å². The zero-order valence-corrected chi connectivity index (χ0v) is 14.8. The number of nitrogens with two attached hydrogens (primary N) is 1. The molecule has 1 aromatic carbocycles. The van der Waals surface area contributed by atoms with Crippen LogP contribution in [0.3, 0.4) is 0 Å². The Kier molecular flexibility index (Phi) is 7.53. The Labute approximate surface area is 144 Å². The summed E-state index contributed by atoms with van der Waals surface area (Å²) in [6.45, 7) is 6.84. The fourth-order valence-corrected chi connectivity index (χ4v) is 3.25. The van der Waals surface area contributed by atoms with Crippen molar-refractivity contribution in [1.29, 1.82) is 0 Å². The smallest absolute Gasteiger partial charge is 0.252 e. The zero-order valence-electron chi connectivity index (χ0n) is 14.8. The SMILES string of the molecule is C[C@H](CCCOc1ccccc1C(N)=O)N[C@@H](C)C1CCOCC1. The summed E-state index contributed by atoms with van der Waals surface area (Å²) in [5.41, 5.74) is 5.80. The molecule has 2 atom stereocenters. The van der Waals surface area contributed by atoms with Crippen LogP contribution in [0.1, 0.15) is 49.9 Å². The molecule has 0 radical (unpaired) electrons. The second-order valence-electron chi connectivity index (χ2n) is 6.66. The van der Waals surface area contributed by atoms with Gasteiger partial charge in [-0.25, -0.2) is 0 Å². The van der Waals surface area contributed by atoms with Gasteiger partial charge >= 0.3 is 0 Å². The number of primary amides is 1. The molecular formula is C19H30N2O3. The lowest BCUT2D eigenvalue weighted by atomic mass is 9.92. The highest BCUT2D eigenvalue weighted by Crippen LogP contribution is 2.20. The summed E-state index contributed by atoms with van der Waals surface area (Å²) < 4.78 is 11.2. The Bertz CT molecular complexity index is 515. The average Bonchev–Trinajstić information content (AvgIpc) is 2.59. The van der Waals surface area contributed by atoms with Gasteiger partial charge in [0.25, 0.3) is 5.91 Å². The number of para-hydroxylation sites is 1. The van der Waals surface area contributed by atoms with E-state index in [1.54, 1.807) is 18.2 Å². The first-order valence-electron chi connectivity index (χ1n) is 8.93. The molecule has 5 nitrogen and oxygen atoms in total. The Morgan fingerprint density at radius 2 is 2.04 bits per heavy atom. The van der Waals surface area contributed by atoms with E-state index in [1.807, 2.05) is 6.07 Å². The van der Waals surface area contributed by atoms with E-state index in [-0.39, 0.29) is 0 Å². The predicted molar refractivity (Wildman–Crippen MR) is 95.3 cm³/mol. The monoisotopic (exact) mass is 334 g/mol. The molecule has 5 heteroatoms. The molecule has 0 aromatic heterocycles. The highest BCUT2D eigenvalue weighted by Gasteiger charge is 2.21. The number of carbonyl (C=O) groups excluding carboxylic acids is 1. The van der Waals surface area contributed by atoms with Crippen molar-refractivity contribution >= 4 is 5.91 Å². The van der Waals surface area contributed by atoms with Crippen molar-refractivity contribution in [1.82, 2.24) is 5.32 Å². The maximum atomic E-state index is 11.4. The molecule has 1 heterocycles. The fourth-order valence-electron chi connectivity index (χ4n) is 3.25. The summed E-state index contributed by atoms with van der Waals surface area (Å²) in [5, 5.41) is 3.69. The van der Waals surface area contributed by atoms with Crippen LogP contribution in [-0.2, 0) is 4.74 Å². The standard InChI is InChI=1S/C19H30N2O3/c1-14(21-15(2)16-9-12-23-13-10-16)6-5-11-24-18-8-4-3-7-17(18)19(20)22/h3-4,7-8,14-16,21H,5-6,9-13H2,1-2H3,(H2,20,22)/t14-,15+/m1/s1. The van der Waals surface area contributed by atoms with Gasteiger partial charge in [0.15, 0.2) is 0 Å². The van der Waals surface area contributed by atoms with Gasteiger partial charge < -0.3 is 20.5 Å². The first kappa shape index (κ1) is 18.7. The van der Waals surface area contributed by atoms with Crippen molar-refractivity contribution < 1.29 is 14.3 Å². The molecule has 1 aromatic rings. The van der Waals surface area contributed by atoms with E-state index in [4.69, 9.17) is 15.2 Å². The summed E-state index contributed by atoms with van der Waals surface area (Å²) >= 11 is 0. The van der Waals surface area contributed by atoms with Crippen LogP contribution >= 0.6 is 0 Å². The highest BCUT2D eigenvalue weighted by molar-refractivity contribution is 5.95. The first-order chi connectivity index (χ1) is 11.6. The number of benzene rings is 1. The van der Waals surface area contributed by atoms with Gasteiger partial charge in [0, 0.05) is 25.3 Å². The minimum absolute atomic E-state index is 0.441. The summed E-state index contributed by atoms with van der Waals surface area (Å²) in [7, 11) is 0. The van der Waals surface area contributed by atoms with E-state index in [1.165, 1.54) is 0 Å². The lowest BCUT2D eigenvalue weighted by Crippen LogP contribution is -2.41. The van der Waals surface area contributed by atoms with Gasteiger partial charge in [0.05, 0.1) is 12.2 Å². The molecule has 1 aliphatic heterocycles. The van der Waals surface area contributed by atoms with Crippen LogP contribution < -0.4 is 15.8 Å². The van der Waals surface area contributed by atoms with Crippen molar-refractivity contribution in [2.45, 2.75) is 51.6 Å². The van der Waals surface area contributed by atoms with Crippen molar-refractivity contribution in [3.05, 3.63) is 29.8 Å². The Hall–Kier alpha value is -1.59. The number of hydrogen-bond acceptors (Lipinski definition) is 4. The minimum atomic E-state index is -0.453. The van der Waals surface area contributed by atoms with Crippen molar-refractivity contribution in [3.8, 4) is 5.75 Å². The number of ether oxygens (including phenoxy) is 2. The van der Waals surface area contributed by atoms with E-state index in [9.17, 15) is 4.79 Å². The molecule has 3 N–H and O–H groups in total. The molecule has 0 bridgehead atoms. The topological polar surface area (TPSA) is 73.6 Å². The zero-order chi connectivity index (χ0) is 17.4. The number of hydrogen-bond donors (Lipinski definition) is 2. The predicted octanol–water partition coefficient (Wildman–Crippen LogP) is 2.74. The number of amides is 1. The average molecular weight is 334 g/mol. The maximum Gasteiger partial charge on any atom is 0.252 e. The summed E-state index contributed by atoms with van der Waals surface area (Å²) in [6.07, 6.45) is 4.26. The number of rotatable bonds is 9. The quantitative estimate of drug-likeness (QED) is 0.681. The molecule has 24 heavy (non-hydrogen) atoms. The summed E-state index contributed by atoms with van der Waals surface area (Å²) in [4.78, 5) is 11.4. The minimum Gasteiger partial charge on any atom is -0.493 e. The number of carbonyl (C=O) groups is 1. The van der Waals surface area contributed by atoms with Crippen LogP contribution in [0.4, 0.5) is 0 Å². The Balaban J connectivity index is 1.67. The lowest BCUT2D eigenvalue weighted by Gasteiger charge is -2.30. The van der Waals surface area contributed by atoms with Gasteiger partial charge in [-0.15, -0.1) is 0 Å². The van der Waals surface area contributed by atoms with E-state index in [2.05, 4.69) is 19.2 Å². The van der Waals surface area contributed by atoms with Gasteiger partial charge in [-0.05, 0) is 57.6 Å². The highest BCUT2D eigenvalue weighted by atomic mass is 16.5. The maximum absolute atomic E-state index is 11.4. The van der Waals surface area contributed by atoms with E-state index < -0.39 is 5.91 Å². The first-order valence-corrected chi connectivity index (χ1v) is 8.93. The molecule has 1 amide bonds. The van der Waals surface area contributed by atoms with Crippen LogP contribution in [-0.4, -0.2) is 37.8 Å². The third-order valence-electron chi connectivity index (χ3n) is 4.71. The molecule has 2 rings (SSSR count). The fraction of sp³-hybridized carbons (Fsp3) is 0.632. The largest absolute Gasteiger partial charge is 0.493 e. The van der Waals surface area contributed by atoms with E-state index in [0.717, 1.165) is 38.9 Å². The molecule has 1 saturated heterocycles. The second kappa shape index (κ2) is 9.64. The second-order valence-corrected chi connectivity index (χ2v) is 6.66. The Morgan fingerprint density at radius 1 is 1.33 bits per heavy atom. The van der Waals surface area contributed by atoms with Gasteiger partial charge in [0.2, 0.25) is 0 Å². The van der Waals surface area contributed by atoms with Crippen molar-refractivity contribution in [2.75, 3.05) is 19.8 Å².